The Bertz CT molecular complexity index is 722. The number of benzene rings is 1. The Balaban J connectivity index is 2.27. The molecular weight excluding hydrogens is 312 g/mol. The van der Waals surface area contributed by atoms with E-state index in [9.17, 15) is 16.8 Å². The Hall–Kier alpha value is -0.960. The van der Waals surface area contributed by atoms with Crippen LogP contribution in [0.4, 0.5) is 0 Å². The third-order valence-electron chi connectivity index (χ3n) is 3.83. The van der Waals surface area contributed by atoms with Gasteiger partial charge in [-0.05, 0) is 49.9 Å². The van der Waals surface area contributed by atoms with Crippen LogP contribution in [-0.2, 0) is 19.9 Å². The van der Waals surface area contributed by atoms with Gasteiger partial charge in [0.1, 0.15) is 0 Å². The van der Waals surface area contributed by atoms with Gasteiger partial charge in [0.2, 0.25) is 10.0 Å². The molecule has 1 aromatic carbocycles. The Kier molecular flexibility index (Phi) is 4.18. The van der Waals surface area contributed by atoms with Crippen LogP contribution in [0.15, 0.2) is 34.1 Å². The smallest absolute Gasteiger partial charge is 0.241 e. The minimum atomic E-state index is -3.72. The van der Waals surface area contributed by atoms with Gasteiger partial charge in [-0.1, -0.05) is 0 Å². The van der Waals surface area contributed by atoms with Crippen LogP contribution in [0.3, 0.4) is 0 Å². The number of nitrogens with one attached hydrogen (secondary N) is 1. The number of sulfone groups is 1. The van der Waals surface area contributed by atoms with Crippen molar-refractivity contribution in [2.75, 3.05) is 12.8 Å². The van der Waals surface area contributed by atoms with Crippen LogP contribution in [-0.4, -0.2) is 35.2 Å². The van der Waals surface area contributed by atoms with Crippen molar-refractivity contribution < 1.29 is 16.8 Å². The summed E-state index contributed by atoms with van der Waals surface area (Å²) in [7, 11) is -7.07. The summed E-state index contributed by atoms with van der Waals surface area (Å²) in [6.07, 6.45) is 3.00. The average molecular weight is 332 g/mol. The Morgan fingerprint density at radius 3 is 2.00 bits per heavy atom. The van der Waals surface area contributed by atoms with Gasteiger partial charge >= 0.3 is 0 Å². The molecule has 0 heterocycles. The first-order valence-corrected chi connectivity index (χ1v) is 10.0. The topological polar surface area (TPSA) is 106 Å². The summed E-state index contributed by atoms with van der Waals surface area (Å²) in [5.74, 6) is 0.257. The van der Waals surface area contributed by atoms with Crippen molar-refractivity contribution in [2.24, 2.45) is 11.7 Å². The van der Waals surface area contributed by atoms with Crippen molar-refractivity contribution in [3.63, 3.8) is 0 Å². The molecule has 1 aliphatic carbocycles. The van der Waals surface area contributed by atoms with Crippen molar-refractivity contribution in [1.29, 1.82) is 0 Å². The van der Waals surface area contributed by atoms with Crippen molar-refractivity contribution in [2.45, 2.75) is 35.1 Å². The van der Waals surface area contributed by atoms with E-state index in [1.54, 1.807) is 6.92 Å². The van der Waals surface area contributed by atoms with Crippen LogP contribution in [0.25, 0.3) is 0 Å². The van der Waals surface area contributed by atoms with Gasteiger partial charge in [0.25, 0.3) is 0 Å². The van der Waals surface area contributed by atoms with Gasteiger partial charge in [0, 0.05) is 18.3 Å². The van der Waals surface area contributed by atoms with Crippen LogP contribution in [0.2, 0.25) is 0 Å². The van der Waals surface area contributed by atoms with Crippen molar-refractivity contribution in [3.8, 4) is 0 Å². The van der Waals surface area contributed by atoms with E-state index >= 15 is 0 Å². The van der Waals surface area contributed by atoms with E-state index in [1.807, 2.05) is 0 Å². The van der Waals surface area contributed by atoms with Crippen LogP contribution >= 0.6 is 0 Å². The molecular formula is C13H20N2O4S2. The highest BCUT2D eigenvalue weighted by Crippen LogP contribution is 2.39. The van der Waals surface area contributed by atoms with Gasteiger partial charge in [-0.2, -0.15) is 0 Å². The zero-order valence-corrected chi connectivity index (χ0v) is 13.7. The number of rotatable bonds is 6. The molecule has 1 saturated carbocycles. The first kappa shape index (κ1) is 16.4. The largest absolute Gasteiger partial charge is 0.329 e. The van der Waals surface area contributed by atoms with E-state index in [1.165, 1.54) is 24.3 Å². The van der Waals surface area contributed by atoms with Gasteiger partial charge in [-0.3, -0.25) is 0 Å². The molecule has 1 unspecified atom stereocenters. The molecule has 0 aliphatic heterocycles. The molecule has 0 spiro atoms. The number of sulfonamides is 1. The lowest BCUT2D eigenvalue weighted by atomic mass is 9.98. The Labute approximate surface area is 125 Å². The van der Waals surface area contributed by atoms with E-state index in [2.05, 4.69) is 4.72 Å². The van der Waals surface area contributed by atoms with Crippen LogP contribution in [0.5, 0.6) is 0 Å². The summed E-state index contributed by atoms with van der Waals surface area (Å²) < 4.78 is 50.2. The quantitative estimate of drug-likeness (QED) is 0.789. The molecule has 1 aromatic rings. The Morgan fingerprint density at radius 2 is 1.62 bits per heavy atom. The first-order chi connectivity index (χ1) is 9.58. The minimum absolute atomic E-state index is 0.0372. The number of hydrogen-bond donors (Lipinski definition) is 2. The van der Waals surface area contributed by atoms with E-state index < -0.39 is 25.4 Å². The second kappa shape index (κ2) is 5.35. The molecule has 1 atom stereocenters. The van der Waals surface area contributed by atoms with Gasteiger partial charge in [0.05, 0.1) is 9.79 Å². The standard InChI is InChI=1S/C13H20N2O4S2/c1-13(9-14,10-3-4-10)15-21(18,19)12-7-5-11(6-8-12)20(2,16)17/h5-8,10,15H,3-4,9,14H2,1-2H3. The summed E-state index contributed by atoms with van der Waals surface area (Å²) in [6, 6.07) is 5.17. The zero-order chi connectivity index (χ0) is 15.9. The lowest BCUT2D eigenvalue weighted by Crippen LogP contribution is -2.52. The fourth-order valence-corrected chi connectivity index (χ4v) is 4.35. The molecule has 3 N–H and O–H groups in total. The minimum Gasteiger partial charge on any atom is -0.329 e. The summed E-state index contributed by atoms with van der Waals surface area (Å²) in [4.78, 5) is 0.125. The third-order valence-corrected chi connectivity index (χ3v) is 6.59. The highest BCUT2D eigenvalue weighted by atomic mass is 32.2. The summed E-state index contributed by atoms with van der Waals surface area (Å²) >= 11 is 0. The van der Waals surface area contributed by atoms with Gasteiger partial charge in [0.15, 0.2) is 9.84 Å². The maximum absolute atomic E-state index is 12.4. The highest BCUT2D eigenvalue weighted by Gasteiger charge is 2.43. The second-order valence-corrected chi connectivity index (χ2v) is 9.44. The first-order valence-electron chi connectivity index (χ1n) is 6.63. The molecule has 0 bridgehead atoms. The zero-order valence-electron chi connectivity index (χ0n) is 12.0. The normalized spacial score (nSPS) is 19.2. The van der Waals surface area contributed by atoms with Crippen LogP contribution in [0.1, 0.15) is 19.8 Å². The number of hydrogen-bond acceptors (Lipinski definition) is 5. The molecule has 21 heavy (non-hydrogen) atoms. The molecule has 0 aromatic heterocycles. The average Bonchev–Trinajstić information content (AvgIpc) is 3.22. The van der Waals surface area contributed by atoms with Crippen LogP contribution in [0, 0.1) is 5.92 Å². The highest BCUT2D eigenvalue weighted by molar-refractivity contribution is 7.90. The molecule has 0 saturated heterocycles. The lowest BCUT2D eigenvalue weighted by molar-refractivity contribution is 0.374. The fourth-order valence-electron chi connectivity index (χ4n) is 2.24. The third kappa shape index (κ3) is 3.63. The van der Waals surface area contributed by atoms with E-state index in [-0.39, 0.29) is 22.3 Å². The lowest BCUT2D eigenvalue weighted by Gasteiger charge is -2.29. The van der Waals surface area contributed by atoms with Gasteiger partial charge in [-0.15, -0.1) is 0 Å². The Morgan fingerprint density at radius 1 is 1.14 bits per heavy atom. The molecule has 8 heteroatoms. The van der Waals surface area contributed by atoms with E-state index in [0.717, 1.165) is 19.1 Å². The van der Waals surface area contributed by atoms with Crippen LogP contribution < -0.4 is 10.5 Å². The molecule has 0 amide bonds. The molecule has 1 fully saturated rings. The molecule has 0 radical (unpaired) electrons. The number of nitrogens with two attached hydrogens (primary N) is 1. The SMILES string of the molecule is CC(CN)(NS(=O)(=O)c1ccc(S(C)(=O)=O)cc1)C1CC1. The predicted octanol–water partition coefficient (Wildman–Crippen LogP) is 0.496. The summed E-state index contributed by atoms with van der Waals surface area (Å²) in [6.45, 7) is 2.02. The van der Waals surface area contributed by atoms with Crippen molar-refractivity contribution in [3.05, 3.63) is 24.3 Å². The molecule has 6 nitrogen and oxygen atoms in total. The van der Waals surface area contributed by atoms with E-state index in [0.29, 0.717) is 0 Å². The molecule has 1 aliphatic rings. The summed E-state index contributed by atoms with van der Waals surface area (Å²) in [5, 5.41) is 0. The fraction of sp³-hybridized carbons (Fsp3) is 0.538. The van der Waals surface area contributed by atoms with Gasteiger partial charge in [-0.25, -0.2) is 21.6 Å². The molecule has 118 valence electrons. The van der Waals surface area contributed by atoms with Gasteiger partial charge < -0.3 is 5.73 Å². The molecule has 2 rings (SSSR count). The van der Waals surface area contributed by atoms with E-state index in [4.69, 9.17) is 5.73 Å². The monoisotopic (exact) mass is 332 g/mol. The van der Waals surface area contributed by atoms with Crippen molar-refractivity contribution in [1.82, 2.24) is 4.72 Å². The maximum Gasteiger partial charge on any atom is 0.241 e. The maximum atomic E-state index is 12.4. The second-order valence-electron chi connectivity index (χ2n) is 5.74. The van der Waals surface area contributed by atoms with Crippen molar-refractivity contribution >= 4 is 19.9 Å². The predicted molar refractivity (Wildman–Crippen MR) is 80.1 cm³/mol. The summed E-state index contributed by atoms with van der Waals surface area (Å²) in [5.41, 5.74) is 5.05.